The molecule has 2 heterocycles. The molecule has 0 fully saturated rings. The Hall–Kier alpha value is -2.63. The highest BCUT2D eigenvalue weighted by Crippen LogP contribution is 2.18. The molecule has 0 aliphatic rings. The Morgan fingerprint density at radius 2 is 1.91 bits per heavy atom. The van der Waals surface area contributed by atoms with Crippen LogP contribution >= 0.6 is 11.5 Å². The molecule has 0 radical (unpaired) electrons. The summed E-state index contributed by atoms with van der Waals surface area (Å²) in [6.07, 6.45) is 0.0808. The second-order valence-corrected chi connectivity index (χ2v) is 4.69. The number of aliphatic carboxylic acids is 2. The van der Waals surface area contributed by atoms with Crippen molar-refractivity contribution in [3.05, 3.63) is 24.7 Å². The molecular weight excluding hydrogens is 341 g/mol. The fourth-order valence-corrected chi connectivity index (χ4v) is 1.67. The Kier molecular flexibility index (Phi) is 6.50. The van der Waals surface area contributed by atoms with E-state index in [1.807, 2.05) is 6.07 Å². The van der Waals surface area contributed by atoms with Gasteiger partial charge in [-0.2, -0.15) is 13.2 Å². The Balaban J connectivity index is 0.000000322. The molecule has 23 heavy (non-hydrogen) atoms. The van der Waals surface area contributed by atoms with Crippen molar-refractivity contribution in [2.45, 2.75) is 19.1 Å². The minimum atomic E-state index is -5.08. The normalized spacial score (nSPS) is 10.6. The van der Waals surface area contributed by atoms with Crippen LogP contribution in [0.25, 0.3) is 10.4 Å². The van der Waals surface area contributed by atoms with Crippen LogP contribution in [0.5, 0.6) is 0 Å². The van der Waals surface area contributed by atoms with Crippen molar-refractivity contribution in [2.24, 2.45) is 0 Å². The summed E-state index contributed by atoms with van der Waals surface area (Å²) in [5.41, 5.74) is 0.932. The van der Waals surface area contributed by atoms with Crippen LogP contribution in [0.1, 0.15) is 6.42 Å². The van der Waals surface area contributed by atoms with Gasteiger partial charge in [0.15, 0.2) is 12.7 Å². The Morgan fingerprint density at radius 1 is 1.26 bits per heavy atom. The molecule has 0 amide bonds. The third-order valence-electron chi connectivity index (χ3n) is 2.21. The van der Waals surface area contributed by atoms with Crippen molar-refractivity contribution in [1.82, 2.24) is 14.7 Å². The number of aryl methyl sites for hydroxylation is 1. The lowest BCUT2D eigenvalue weighted by atomic mass is 10.3. The highest BCUT2D eigenvalue weighted by atomic mass is 32.1. The van der Waals surface area contributed by atoms with Crippen LogP contribution in [-0.2, 0) is 16.1 Å². The summed E-state index contributed by atoms with van der Waals surface area (Å²) >= 11 is 1.30. The summed E-state index contributed by atoms with van der Waals surface area (Å²) in [6.45, 7) is 0.372. The third-order valence-corrected chi connectivity index (χ3v) is 2.93. The van der Waals surface area contributed by atoms with Gasteiger partial charge in [-0.25, -0.2) is 4.79 Å². The minimum absolute atomic E-state index is 0.0686. The van der Waals surface area contributed by atoms with Gasteiger partial charge in [-0.15, -0.1) is 5.10 Å². The van der Waals surface area contributed by atoms with Gasteiger partial charge >= 0.3 is 18.1 Å². The Labute approximate surface area is 131 Å². The van der Waals surface area contributed by atoms with Crippen molar-refractivity contribution in [2.75, 3.05) is 0 Å². The molecule has 0 bridgehead atoms. The fourth-order valence-electron chi connectivity index (χ4n) is 1.17. The topological polar surface area (TPSA) is 117 Å². The second-order valence-electron chi connectivity index (χ2n) is 3.91. The molecule has 8 nitrogen and oxygen atoms in total. The first kappa shape index (κ1) is 18.4. The SMILES string of the molecule is O=C(O)C(F)(F)F.O=C(O)CC[n+]1ccc(-c2cnns2)cn1. The monoisotopic (exact) mass is 351 g/mol. The summed E-state index contributed by atoms with van der Waals surface area (Å²) in [5.74, 6) is -3.59. The minimum Gasteiger partial charge on any atom is -0.481 e. The molecule has 2 rings (SSSR count). The zero-order chi connectivity index (χ0) is 17.5. The van der Waals surface area contributed by atoms with E-state index in [-0.39, 0.29) is 6.42 Å². The smallest absolute Gasteiger partial charge is 0.481 e. The van der Waals surface area contributed by atoms with E-state index in [1.54, 1.807) is 23.3 Å². The van der Waals surface area contributed by atoms with E-state index < -0.39 is 18.1 Å². The first-order chi connectivity index (χ1) is 10.7. The number of carboxylic acids is 2. The lowest BCUT2D eigenvalue weighted by Crippen LogP contribution is -2.38. The molecule has 0 spiro atoms. The highest BCUT2D eigenvalue weighted by molar-refractivity contribution is 7.09. The van der Waals surface area contributed by atoms with Gasteiger partial charge in [0, 0.05) is 11.6 Å². The number of rotatable bonds is 4. The van der Waals surface area contributed by atoms with E-state index >= 15 is 0 Å². The maximum absolute atomic E-state index is 10.6. The van der Waals surface area contributed by atoms with Crippen LogP contribution in [-0.4, -0.2) is 43.0 Å². The van der Waals surface area contributed by atoms with Crippen molar-refractivity contribution in [3.8, 4) is 10.4 Å². The van der Waals surface area contributed by atoms with E-state index in [1.165, 1.54) is 11.5 Å². The largest absolute Gasteiger partial charge is 0.490 e. The maximum Gasteiger partial charge on any atom is 0.490 e. The molecule has 0 aliphatic heterocycles. The van der Waals surface area contributed by atoms with Gasteiger partial charge in [-0.05, 0) is 16.6 Å². The van der Waals surface area contributed by atoms with E-state index in [0.717, 1.165) is 10.4 Å². The number of alkyl halides is 3. The van der Waals surface area contributed by atoms with Crippen LogP contribution in [0.2, 0.25) is 0 Å². The van der Waals surface area contributed by atoms with Crippen molar-refractivity contribution < 1.29 is 37.7 Å². The molecule has 2 N–H and O–H groups in total. The lowest BCUT2D eigenvalue weighted by Gasteiger charge is -1.93. The van der Waals surface area contributed by atoms with Crippen LogP contribution in [0.4, 0.5) is 13.2 Å². The van der Waals surface area contributed by atoms with Crippen LogP contribution in [0.15, 0.2) is 24.7 Å². The zero-order valence-corrected chi connectivity index (χ0v) is 12.1. The predicted molar refractivity (Wildman–Crippen MR) is 69.3 cm³/mol. The number of halogens is 3. The molecule has 0 saturated heterocycles. The fraction of sp³-hybridized carbons (Fsp3) is 0.273. The van der Waals surface area contributed by atoms with E-state index in [9.17, 15) is 18.0 Å². The van der Waals surface area contributed by atoms with Crippen molar-refractivity contribution >= 4 is 23.5 Å². The molecule has 124 valence electrons. The molecule has 2 aromatic rings. The first-order valence-corrected chi connectivity index (χ1v) is 6.63. The molecule has 0 unspecified atom stereocenters. The van der Waals surface area contributed by atoms with Crippen LogP contribution in [0, 0.1) is 0 Å². The summed E-state index contributed by atoms with van der Waals surface area (Å²) < 4.78 is 37.1. The average Bonchev–Trinajstić information content (AvgIpc) is 2.99. The van der Waals surface area contributed by atoms with E-state index in [2.05, 4.69) is 14.7 Å². The molecule has 0 aromatic carbocycles. The third kappa shape index (κ3) is 6.78. The van der Waals surface area contributed by atoms with Crippen LogP contribution in [0.3, 0.4) is 0 Å². The number of aromatic nitrogens is 4. The number of hydrogen-bond acceptors (Lipinski definition) is 6. The Bertz CT molecular complexity index is 646. The average molecular weight is 351 g/mol. The maximum atomic E-state index is 10.6. The summed E-state index contributed by atoms with van der Waals surface area (Å²) in [4.78, 5) is 20.2. The second kappa shape index (κ2) is 8.12. The molecule has 12 heteroatoms. The lowest BCUT2D eigenvalue weighted by molar-refractivity contribution is -0.752. The molecular formula is C11H10F3N4O4S+. The van der Waals surface area contributed by atoms with Gasteiger partial charge in [0.05, 0.1) is 11.1 Å². The zero-order valence-electron chi connectivity index (χ0n) is 11.3. The molecule has 0 aliphatic carbocycles. The van der Waals surface area contributed by atoms with Gasteiger partial charge in [0.25, 0.3) is 0 Å². The molecule has 0 atom stereocenters. The quantitative estimate of drug-likeness (QED) is 0.789. The number of hydrogen-bond donors (Lipinski definition) is 2. The standard InChI is InChI=1S/C9H8N4O2S.C2HF3O2/c14-9(15)2-4-13-3-1-7(5-11-13)8-6-10-12-16-8;3-2(4,5)1(6)7/h1,3,5-6H,2,4H2;(H,6,7)/p+1. The van der Waals surface area contributed by atoms with Crippen molar-refractivity contribution in [1.29, 1.82) is 0 Å². The highest BCUT2D eigenvalue weighted by Gasteiger charge is 2.38. The van der Waals surface area contributed by atoms with Crippen LogP contribution < -0.4 is 4.68 Å². The van der Waals surface area contributed by atoms with Gasteiger partial charge < -0.3 is 10.2 Å². The van der Waals surface area contributed by atoms with Gasteiger partial charge in [-0.3, -0.25) is 4.79 Å². The van der Waals surface area contributed by atoms with E-state index in [0.29, 0.717) is 6.54 Å². The predicted octanol–water partition coefficient (Wildman–Crippen LogP) is 0.996. The number of carboxylic acid groups (broad SMARTS) is 2. The summed E-state index contributed by atoms with van der Waals surface area (Å²) in [6, 6.07) is 1.87. The van der Waals surface area contributed by atoms with Crippen molar-refractivity contribution in [3.63, 3.8) is 0 Å². The van der Waals surface area contributed by atoms with Gasteiger partial charge in [-0.1, -0.05) is 9.17 Å². The van der Waals surface area contributed by atoms with E-state index in [4.69, 9.17) is 15.0 Å². The molecule has 2 aromatic heterocycles. The summed E-state index contributed by atoms with van der Waals surface area (Å²) in [7, 11) is 0. The number of carbonyl (C=O) groups is 2. The van der Waals surface area contributed by atoms with Gasteiger partial charge in [0.2, 0.25) is 0 Å². The molecule has 0 saturated carbocycles. The Morgan fingerprint density at radius 3 is 2.30 bits per heavy atom. The van der Waals surface area contributed by atoms with Gasteiger partial charge in [0.1, 0.15) is 12.6 Å². The summed E-state index contributed by atoms with van der Waals surface area (Å²) in [5, 5.41) is 23.5. The number of nitrogens with zero attached hydrogens (tertiary/aromatic N) is 4. The first-order valence-electron chi connectivity index (χ1n) is 5.85.